The zero-order valence-corrected chi connectivity index (χ0v) is 14.4. The third-order valence-corrected chi connectivity index (χ3v) is 4.63. The van der Waals surface area contributed by atoms with Crippen LogP contribution in [-0.4, -0.2) is 19.0 Å². The highest BCUT2D eigenvalue weighted by Gasteiger charge is 2.52. The zero-order valence-electron chi connectivity index (χ0n) is 12.0. The van der Waals surface area contributed by atoms with E-state index in [1.54, 1.807) is 25.1 Å². The number of esters is 1. The molecule has 3 nitrogen and oxygen atoms in total. The maximum atomic E-state index is 13.3. The molecule has 1 aliphatic rings. The molecule has 1 aromatic carbocycles. The standard InChI is InChI=1S/C15H17BrClF2NO2/c1-2-22-13(21)8-12(20-17)9-5-10(7-11(16)6-9)15(3-4-15)14(18)19/h5-7,12,14,20H,2-4,8H2,1H3/t12-/m0/s1. The van der Waals surface area contributed by atoms with Crippen LogP contribution in [0.2, 0.25) is 0 Å². The van der Waals surface area contributed by atoms with Gasteiger partial charge in [-0.25, -0.2) is 13.6 Å². The molecular weight excluding hydrogens is 380 g/mol. The van der Waals surface area contributed by atoms with E-state index in [0.717, 1.165) is 0 Å². The van der Waals surface area contributed by atoms with E-state index in [2.05, 4.69) is 20.8 Å². The monoisotopic (exact) mass is 395 g/mol. The molecule has 1 atom stereocenters. The predicted molar refractivity (Wildman–Crippen MR) is 84.0 cm³/mol. The number of rotatable bonds is 7. The summed E-state index contributed by atoms with van der Waals surface area (Å²) in [6.07, 6.45) is -1.42. The van der Waals surface area contributed by atoms with Gasteiger partial charge in [-0.05, 0) is 54.8 Å². The predicted octanol–water partition coefficient (Wildman–Crippen LogP) is 4.48. The number of halogens is 4. The summed E-state index contributed by atoms with van der Waals surface area (Å²) in [7, 11) is 0. The van der Waals surface area contributed by atoms with Crippen molar-refractivity contribution in [3.05, 3.63) is 33.8 Å². The van der Waals surface area contributed by atoms with Crippen molar-refractivity contribution in [3.8, 4) is 0 Å². The first-order chi connectivity index (χ1) is 10.4. The van der Waals surface area contributed by atoms with Gasteiger partial charge in [0, 0.05) is 4.47 Å². The summed E-state index contributed by atoms with van der Waals surface area (Å²) >= 11 is 9.07. The topological polar surface area (TPSA) is 38.3 Å². The number of alkyl halides is 2. The minimum absolute atomic E-state index is 0.0366. The van der Waals surface area contributed by atoms with Crippen molar-refractivity contribution in [2.75, 3.05) is 6.61 Å². The quantitative estimate of drug-likeness (QED) is 0.545. The van der Waals surface area contributed by atoms with Crippen LogP contribution >= 0.6 is 27.7 Å². The van der Waals surface area contributed by atoms with Gasteiger partial charge < -0.3 is 4.74 Å². The molecule has 2 rings (SSSR count). The lowest BCUT2D eigenvalue weighted by atomic mass is 9.92. The number of nitrogens with one attached hydrogen (secondary N) is 1. The summed E-state index contributed by atoms with van der Waals surface area (Å²) in [4.78, 5) is 14.1. The summed E-state index contributed by atoms with van der Waals surface area (Å²) < 4.78 is 32.2. The molecule has 0 aromatic heterocycles. The van der Waals surface area contributed by atoms with Crippen molar-refractivity contribution < 1.29 is 18.3 Å². The fraction of sp³-hybridized carbons (Fsp3) is 0.533. The number of carbonyl (C=O) groups excluding carboxylic acids is 1. The van der Waals surface area contributed by atoms with Crippen LogP contribution in [0.15, 0.2) is 22.7 Å². The number of benzene rings is 1. The Hall–Kier alpha value is -0.720. The van der Waals surface area contributed by atoms with Gasteiger partial charge in [-0.2, -0.15) is 0 Å². The Kier molecular flexibility index (Phi) is 5.80. The van der Waals surface area contributed by atoms with Crippen molar-refractivity contribution in [2.45, 2.75) is 44.1 Å². The van der Waals surface area contributed by atoms with Crippen LogP contribution in [0.25, 0.3) is 0 Å². The Morgan fingerprint density at radius 1 is 1.45 bits per heavy atom. The summed E-state index contributed by atoms with van der Waals surface area (Å²) in [6.45, 7) is 2.00. The fourth-order valence-electron chi connectivity index (χ4n) is 2.47. The molecule has 0 saturated heterocycles. The number of carbonyl (C=O) groups is 1. The first-order valence-electron chi connectivity index (χ1n) is 7.04. The minimum Gasteiger partial charge on any atom is -0.466 e. The molecule has 7 heteroatoms. The Balaban J connectivity index is 2.27. The number of hydrogen-bond acceptors (Lipinski definition) is 3. The molecule has 1 saturated carbocycles. The molecule has 1 N–H and O–H groups in total. The van der Waals surface area contributed by atoms with Gasteiger partial charge in [-0.1, -0.05) is 22.0 Å². The summed E-state index contributed by atoms with van der Waals surface area (Å²) in [6, 6.07) is 4.68. The third-order valence-electron chi connectivity index (χ3n) is 3.91. The minimum atomic E-state index is -2.40. The molecular formula is C15H17BrClF2NO2. The molecule has 0 heterocycles. The van der Waals surface area contributed by atoms with Gasteiger partial charge in [-0.15, -0.1) is 0 Å². The van der Waals surface area contributed by atoms with E-state index in [-0.39, 0.29) is 13.0 Å². The smallest absolute Gasteiger partial charge is 0.307 e. The average molecular weight is 397 g/mol. The lowest BCUT2D eigenvalue weighted by Crippen LogP contribution is -2.21. The van der Waals surface area contributed by atoms with Gasteiger partial charge in [0.25, 0.3) is 0 Å². The van der Waals surface area contributed by atoms with E-state index in [1.165, 1.54) is 0 Å². The Labute approximate surface area is 141 Å². The van der Waals surface area contributed by atoms with Crippen LogP contribution in [0.4, 0.5) is 8.78 Å². The maximum absolute atomic E-state index is 13.3. The van der Waals surface area contributed by atoms with Gasteiger partial charge in [0.1, 0.15) is 0 Å². The first kappa shape index (κ1) is 17.6. The van der Waals surface area contributed by atoms with Crippen molar-refractivity contribution in [1.29, 1.82) is 0 Å². The normalized spacial score (nSPS) is 17.4. The van der Waals surface area contributed by atoms with Gasteiger partial charge in [-0.3, -0.25) is 4.79 Å². The highest BCUT2D eigenvalue weighted by Crippen LogP contribution is 2.53. The molecule has 0 amide bonds. The van der Waals surface area contributed by atoms with E-state index in [9.17, 15) is 13.6 Å². The Bertz CT molecular complexity index is 552. The van der Waals surface area contributed by atoms with Crippen molar-refractivity contribution >= 4 is 33.7 Å². The first-order valence-corrected chi connectivity index (χ1v) is 8.21. The summed E-state index contributed by atoms with van der Waals surface area (Å²) in [5.41, 5.74) is 0.200. The second-order valence-electron chi connectivity index (χ2n) is 5.40. The molecule has 0 bridgehead atoms. The molecule has 1 aliphatic carbocycles. The largest absolute Gasteiger partial charge is 0.466 e. The van der Waals surface area contributed by atoms with Gasteiger partial charge in [0.05, 0.1) is 24.5 Å². The molecule has 1 fully saturated rings. The highest BCUT2D eigenvalue weighted by molar-refractivity contribution is 9.10. The summed E-state index contributed by atoms with van der Waals surface area (Å²) in [5, 5.41) is 0. The van der Waals surface area contributed by atoms with Crippen LogP contribution in [0.1, 0.15) is 43.4 Å². The zero-order chi connectivity index (χ0) is 16.3. The molecule has 0 spiro atoms. The molecule has 0 radical (unpaired) electrons. The fourth-order valence-corrected chi connectivity index (χ4v) is 3.19. The Morgan fingerprint density at radius 2 is 2.14 bits per heavy atom. The molecule has 122 valence electrons. The van der Waals surface area contributed by atoms with Crippen LogP contribution in [0.3, 0.4) is 0 Å². The van der Waals surface area contributed by atoms with Crippen LogP contribution < -0.4 is 4.84 Å². The van der Waals surface area contributed by atoms with E-state index < -0.39 is 23.9 Å². The number of hydrogen-bond donors (Lipinski definition) is 1. The van der Waals surface area contributed by atoms with Crippen molar-refractivity contribution in [2.24, 2.45) is 0 Å². The molecule has 0 unspecified atom stereocenters. The van der Waals surface area contributed by atoms with E-state index in [0.29, 0.717) is 28.4 Å². The molecule has 0 aliphatic heterocycles. The highest BCUT2D eigenvalue weighted by atomic mass is 79.9. The van der Waals surface area contributed by atoms with E-state index in [1.807, 2.05) is 0 Å². The molecule has 1 aromatic rings. The summed E-state index contributed by atoms with van der Waals surface area (Å²) in [5.74, 6) is -0.392. The van der Waals surface area contributed by atoms with E-state index >= 15 is 0 Å². The SMILES string of the molecule is CCOC(=O)C[C@H](NCl)c1cc(Br)cc(C2(C(F)F)CC2)c1. The van der Waals surface area contributed by atoms with Crippen molar-refractivity contribution in [3.63, 3.8) is 0 Å². The number of ether oxygens (including phenoxy) is 1. The van der Waals surface area contributed by atoms with Crippen LogP contribution in [0, 0.1) is 0 Å². The van der Waals surface area contributed by atoms with Crippen LogP contribution in [-0.2, 0) is 14.9 Å². The van der Waals surface area contributed by atoms with Gasteiger partial charge >= 0.3 is 5.97 Å². The lowest BCUT2D eigenvalue weighted by molar-refractivity contribution is -0.143. The van der Waals surface area contributed by atoms with Crippen molar-refractivity contribution in [1.82, 2.24) is 4.84 Å². The van der Waals surface area contributed by atoms with E-state index in [4.69, 9.17) is 16.5 Å². The lowest BCUT2D eigenvalue weighted by Gasteiger charge is -2.20. The molecule has 22 heavy (non-hydrogen) atoms. The second-order valence-corrected chi connectivity index (χ2v) is 6.53. The van der Waals surface area contributed by atoms with Crippen LogP contribution in [0.5, 0.6) is 0 Å². The maximum Gasteiger partial charge on any atom is 0.307 e. The second kappa shape index (κ2) is 7.23. The van der Waals surface area contributed by atoms with Gasteiger partial charge in [0.15, 0.2) is 0 Å². The Morgan fingerprint density at radius 3 is 2.64 bits per heavy atom. The average Bonchev–Trinajstić information content (AvgIpc) is 3.26. The van der Waals surface area contributed by atoms with Gasteiger partial charge in [0.2, 0.25) is 6.43 Å². The third kappa shape index (κ3) is 3.78.